The Bertz CT molecular complexity index is 675. The van der Waals surface area contributed by atoms with Gasteiger partial charge in [0, 0.05) is 25.6 Å². The molecular weight excluding hydrogens is 395 g/mol. The fraction of sp³-hybridized carbons (Fsp3) is 0.700. The maximum atomic E-state index is 12.5. The van der Waals surface area contributed by atoms with Gasteiger partial charge in [0.15, 0.2) is 6.29 Å². The highest BCUT2D eigenvalue weighted by Crippen LogP contribution is 2.51. The highest BCUT2D eigenvalue weighted by molar-refractivity contribution is 6.33. The van der Waals surface area contributed by atoms with E-state index in [1.807, 2.05) is 4.90 Å². The van der Waals surface area contributed by atoms with E-state index in [9.17, 15) is 23.4 Å². The number of aliphatic hydroxyl groups is 2. The molecule has 1 aromatic rings. The first-order valence-corrected chi connectivity index (χ1v) is 10.1. The maximum Gasteiger partial charge on any atom is 0.573 e. The second kappa shape index (κ2) is 8.28. The first-order chi connectivity index (χ1) is 13.1. The molecule has 1 heterocycles. The number of benzene rings is 1. The van der Waals surface area contributed by atoms with Crippen molar-refractivity contribution in [2.24, 2.45) is 17.3 Å². The number of ether oxygens (including phenoxy) is 1. The minimum absolute atomic E-state index is 0.208. The summed E-state index contributed by atoms with van der Waals surface area (Å²) >= 11 is 6.25. The second-order valence-corrected chi connectivity index (χ2v) is 8.68. The summed E-state index contributed by atoms with van der Waals surface area (Å²) in [6, 6.07) is 4.02. The van der Waals surface area contributed by atoms with Gasteiger partial charge in [-0.05, 0) is 61.5 Å². The van der Waals surface area contributed by atoms with Crippen molar-refractivity contribution in [3.8, 4) is 5.75 Å². The van der Waals surface area contributed by atoms with Gasteiger partial charge in [-0.1, -0.05) is 18.5 Å². The molecule has 1 saturated heterocycles. The lowest BCUT2D eigenvalue weighted by atomic mass is 9.59. The first kappa shape index (κ1) is 21.5. The van der Waals surface area contributed by atoms with E-state index in [0.29, 0.717) is 29.0 Å². The molecule has 158 valence electrons. The van der Waals surface area contributed by atoms with Crippen LogP contribution in [0.1, 0.15) is 45.4 Å². The molecule has 1 saturated carbocycles. The molecule has 1 aliphatic carbocycles. The van der Waals surface area contributed by atoms with Gasteiger partial charge >= 0.3 is 6.36 Å². The molecule has 4 nitrogen and oxygen atoms in total. The molecule has 2 N–H and O–H groups in total. The fourth-order valence-corrected chi connectivity index (χ4v) is 5.22. The van der Waals surface area contributed by atoms with Gasteiger partial charge in [-0.3, -0.25) is 0 Å². The number of hydrogen-bond donors (Lipinski definition) is 2. The topological polar surface area (TPSA) is 52.9 Å². The van der Waals surface area contributed by atoms with E-state index in [4.69, 9.17) is 11.6 Å². The highest BCUT2D eigenvalue weighted by Gasteiger charge is 2.43. The number of halogens is 4. The molecule has 2 unspecified atom stereocenters. The normalized spacial score (nSPS) is 25.4. The SMILES string of the molecule is CC1CC(CC(O)O)CCC12CCN(c1cc(OC(F)(F)F)ccc1Cl)CC2. The van der Waals surface area contributed by atoms with E-state index in [2.05, 4.69) is 11.7 Å². The Labute approximate surface area is 168 Å². The summed E-state index contributed by atoms with van der Waals surface area (Å²) in [6.45, 7) is 3.69. The van der Waals surface area contributed by atoms with Crippen molar-refractivity contribution in [3.05, 3.63) is 23.2 Å². The molecule has 0 radical (unpaired) electrons. The van der Waals surface area contributed by atoms with Gasteiger partial charge in [0.1, 0.15) is 5.75 Å². The molecule has 0 aromatic heterocycles. The summed E-state index contributed by atoms with van der Waals surface area (Å²) < 4.78 is 41.6. The van der Waals surface area contributed by atoms with Crippen LogP contribution in [0.15, 0.2) is 18.2 Å². The van der Waals surface area contributed by atoms with Crippen LogP contribution < -0.4 is 9.64 Å². The summed E-state index contributed by atoms with van der Waals surface area (Å²) in [5, 5.41) is 18.9. The molecule has 2 atom stereocenters. The number of hydrogen-bond acceptors (Lipinski definition) is 4. The van der Waals surface area contributed by atoms with Crippen molar-refractivity contribution in [1.29, 1.82) is 0 Å². The van der Waals surface area contributed by atoms with Crippen LogP contribution in [0.4, 0.5) is 18.9 Å². The zero-order valence-corrected chi connectivity index (χ0v) is 16.6. The standard InChI is InChI=1S/C20H27ClF3NO3/c1-13-10-14(11-18(26)27)4-5-19(13)6-8-25(9-7-19)17-12-15(2-3-16(17)21)28-20(22,23)24/h2-3,12-14,18,26-27H,4-11H2,1H3. The Morgan fingerprint density at radius 3 is 2.50 bits per heavy atom. The van der Waals surface area contributed by atoms with Crippen LogP contribution in [0.2, 0.25) is 5.02 Å². The van der Waals surface area contributed by atoms with Crippen molar-refractivity contribution < 1.29 is 28.1 Å². The van der Waals surface area contributed by atoms with Crippen molar-refractivity contribution in [3.63, 3.8) is 0 Å². The zero-order chi connectivity index (χ0) is 20.5. The van der Waals surface area contributed by atoms with Crippen LogP contribution in [0.25, 0.3) is 0 Å². The van der Waals surface area contributed by atoms with Gasteiger partial charge in [-0.2, -0.15) is 0 Å². The summed E-state index contributed by atoms with van der Waals surface area (Å²) in [7, 11) is 0. The maximum absolute atomic E-state index is 12.5. The Balaban J connectivity index is 1.65. The number of alkyl halides is 3. The van der Waals surface area contributed by atoms with E-state index in [1.165, 1.54) is 18.2 Å². The summed E-state index contributed by atoms with van der Waals surface area (Å²) in [4.78, 5) is 2.03. The molecular formula is C20H27ClF3NO3. The molecule has 8 heteroatoms. The van der Waals surface area contributed by atoms with Crippen LogP contribution in [0.3, 0.4) is 0 Å². The summed E-state index contributed by atoms with van der Waals surface area (Å²) in [5.74, 6) is 0.551. The second-order valence-electron chi connectivity index (χ2n) is 8.27. The summed E-state index contributed by atoms with van der Waals surface area (Å²) in [5.41, 5.74) is 0.781. The Kier molecular flexibility index (Phi) is 6.37. The van der Waals surface area contributed by atoms with Crippen molar-refractivity contribution >= 4 is 17.3 Å². The Morgan fingerprint density at radius 2 is 1.93 bits per heavy atom. The quantitative estimate of drug-likeness (QED) is 0.674. The smallest absolute Gasteiger partial charge is 0.406 e. The molecule has 2 aliphatic rings. The number of rotatable bonds is 4. The molecule has 1 spiro atoms. The van der Waals surface area contributed by atoms with E-state index in [-0.39, 0.29) is 11.2 Å². The molecule has 1 aliphatic heterocycles. The van der Waals surface area contributed by atoms with Crippen LogP contribution in [0.5, 0.6) is 5.75 Å². The fourth-order valence-electron chi connectivity index (χ4n) is 4.99. The Morgan fingerprint density at radius 1 is 1.25 bits per heavy atom. The number of anilines is 1. The van der Waals surface area contributed by atoms with E-state index >= 15 is 0 Å². The average Bonchev–Trinajstić information content (AvgIpc) is 2.59. The van der Waals surface area contributed by atoms with Crippen LogP contribution in [-0.4, -0.2) is 36.0 Å². The third-order valence-corrected chi connectivity index (χ3v) is 6.90. The number of nitrogens with zero attached hydrogens (tertiary/aromatic N) is 1. The predicted octanol–water partition coefficient (Wildman–Crippen LogP) is 4.96. The van der Waals surface area contributed by atoms with Crippen molar-refractivity contribution in [2.45, 2.75) is 58.1 Å². The van der Waals surface area contributed by atoms with Crippen LogP contribution in [0, 0.1) is 17.3 Å². The zero-order valence-electron chi connectivity index (χ0n) is 15.9. The van der Waals surface area contributed by atoms with Gasteiger partial charge in [0.05, 0.1) is 10.7 Å². The van der Waals surface area contributed by atoms with E-state index in [0.717, 1.165) is 45.2 Å². The van der Waals surface area contributed by atoms with E-state index in [1.54, 1.807) is 0 Å². The van der Waals surface area contributed by atoms with Gasteiger partial charge in [0.25, 0.3) is 0 Å². The predicted molar refractivity (Wildman–Crippen MR) is 101 cm³/mol. The Hall–Kier alpha value is -1.18. The van der Waals surface area contributed by atoms with Gasteiger partial charge in [-0.15, -0.1) is 13.2 Å². The molecule has 0 bridgehead atoms. The van der Waals surface area contributed by atoms with E-state index < -0.39 is 12.7 Å². The molecule has 28 heavy (non-hydrogen) atoms. The molecule has 2 fully saturated rings. The van der Waals surface area contributed by atoms with Gasteiger partial charge in [0.2, 0.25) is 0 Å². The lowest BCUT2D eigenvalue weighted by molar-refractivity contribution is -0.274. The monoisotopic (exact) mass is 421 g/mol. The third-order valence-electron chi connectivity index (χ3n) is 6.58. The third kappa shape index (κ3) is 5.05. The molecule has 1 aromatic carbocycles. The van der Waals surface area contributed by atoms with Crippen molar-refractivity contribution in [1.82, 2.24) is 0 Å². The summed E-state index contributed by atoms with van der Waals surface area (Å²) in [6.07, 6.45) is -0.648. The molecule has 0 amide bonds. The lowest BCUT2D eigenvalue weighted by Crippen LogP contribution is -2.46. The highest BCUT2D eigenvalue weighted by atomic mass is 35.5. The minimum atomic E-state index is -4.73. The molecule has 3 rings (SSSR count). The average molecular weight is 422 g/mol. The first-order valence-electron chi connectivity index (χ1n) is 9.74. The van der Waals surface area contributed by atoms with Crippen molar-refractivity contribution in [2.75, 3.05) is 18.0 Å². The van der Waals surface area contributed by atoms with Crippen LogP contribution in [-0.2, 0) is 0 Å². The van der Waals surface area contributed by atoms with Gasteiger partial charge in [-0.25, -0.2) is 0 Å². The number of piperidine rings is 1. The minimum Gasteiger partial charge on any atom is -0.406 e. The largest absolute Gasteiger partial charge is 0.573 e. The number of aliphatic hydroxyl groups excluding tert-OH is 1. The van der Waals surface area contributed by atoms with Gasteiger partial charge < -0.3 is 19.8 Å². The van der Waals surface area contributed by atoms with Crippen LogP contribution >= 0.6 is 11.6 Å². The lowest BCUT2D eigenvalue weighted by Gasteiger charge is -2.50.